The zero-order valence-electron chi connectivity index (χ0n) is 18.8. The fraction of sp³-hybridized carbons (Fsp3) is 0.636. The van der Waals surface area contributed by atoms with E-state index in [0.29, 0.717) is 6.04 Å². The number of H-pyrrole nitrogens is 1. The van der Waals surface area contributed by atoms with Crippen LogP contribution in [0.25, 0.3) is 11.0 Å². The van der Waals surface area contributed by atoms with Crippen molar-refractivity contribution in [3.8, 4) is 0 Å². The topological polar surface area (TPSA) is 132 Å². The normalized spacial score (nSPS) is 22.6. The molecule has 0 saturated carbocycles. The number of nitrogens with one attached hydrogen (secondary N) is 3. The first-order valence-electron chi connectivity index (χ1n) is 11.3. The van der Waals surface area contributed by atoms with Gasteiger partial charge in [0.1, 0.15) is 17.8 Å². The molecule has 10 nitrogen and oxygen atoms in total. The third-order valence-corrected chi connectivity index (χ3v) is 5.98. The van der Waals surface area contributed by atoms with Gasteiger partial charge in [-0.15, -0.1) is 0 Å². The number of ether oxygens (including phenoxy) is 1. The average Bonchev–Trinajstić information content (AvgIpc) is 3.16. The molecule has 2 aromatic rings. The summed E-state index contributed by atoms with van der Waals surface area (Å²) in [6.07, 6.45) is 7.34. The quantitative estimate of drug-likeness (QED) is 0.512. The fourth-order valence-electron chi connectivity index (χ4n) is 4.49. The molecule has 4 rings (SSSR count). The lowest BCUT2D eigenvalue weighted by Gasteiger charge is -2.36. The highest BCUT2D eigenvalue weighted by molar-refractivity contribution is 5.86. The lowest BCUT2D eigenvalue weighted by molar-refractivity contribution is -0.126. The van der Waals surface area contributed by atoms with Gasteiger partial charge in [0.2, 0.25) is 5.91 Å². The van der Waals surface area contributed by atoms with E-state index >= 15 is 0 Å². The number of carboxylic acid groups (broad SMARTS) is 1. The van der Waals surface area contributed by atoms with Gasteiger partial charge in [-0.1, -0.05) is 0 Å². The Balaban J connectivity index is 0.000000913. The van der Waals surface area contributed by atoms with Crippen molar-refractivity contribution in [1.82, 2.24) is 25.2 Å². The van der Waals surface area contributed by atoms with Crippen LogP contribution in [-0.4, -0.2) is 81.8 Å². The first-order chi connectivity index (χ1) is 15.5. The molecule has 2 aliphatic rings. The number of aromatic amines is 1. The maximum absolute atomic E-state index is 12.8. The Bertz CT molecular complexity index is 867. The second-order valence-corrected chi connectivity index (χ2v) is 8.64. The molecule has 0 bridgehead atoms. The summed E-state index contributed by atoms with van der Waals surface area (Å²) in [7, 11) is 0. The molecular formula is C22H34N6O4. The smallest absolute Gasteiger partial charge is 0.290 e. The monoisotopic (exact) mass is 446 g/mol. The van der Waals surface area contributed by atoms with Gasteiger partial charge in [0, 0.05) is 50.6 Å². The summed E-state index contributed by atoms with van der Waals surface area (Å²) >= 11 is 0. The lowest BCUT2D eigenvalue weighted by Crippen LogP contribution is -2.47. The number of nitrogens with zero attached hydrogens (tertiary/aromatic N) is 3. The summed E-state index contributed by atoms with van der Waals surface area (Å²) < 4.78 is 5.57. The summed E-state index contributed by atoms with van der Waals surface area (Å²) in [5, 5.41) is 14.6. The van der Waals surface area contributed by atoms with E-state index in [0.717, 1.165) is 68.8 Å². The van der Waals surface area contributed by atoms with E-state index in [2.05, 4.69) is 30.5 Å². The van der Waals surface area contributed by atoms with Crippen molar-refractivity contribution in [3.63, 3.8) is 0 Å². The SMILES string of the molecule is CC(C)NC(=O)[C@@H]1CC[C@H](Nc2ncnc3[nH]ccc23)CN(C2CCOCC2)C1.O=CO. The van der Waals surface area contributed by atoms with Gasteiger partial charge in [0.05, 0.1) is 11.3 Å². The lowest BCUT2D eigenvalue weighted by atomic mass is 10.00. The van der Waals surface area contributed by atoms with E-state index in [4.69, 9.17) is 14.6 Å². The highest BCUT2D eigenvalue weighted by atomic mass is 16.5. The summed E-state index contributed by atoms with van der Waals surface area (Å²) in [6.45, 7) is 7.12. The van der Waals surface area contributed by atoms with Gasteiger partial charge in [-0.2, -0.15) is 0 Å². The van der Waals surface area contributed by atoms with Crippen LogP contribution in [0.3, 0.4) is 0 Å². The molecule has 2 aromatic heterocycles. The number of fused-ring (bicyclic) bond motifs is 1. The Labute approximate surface area is 188 Å². The van der Waals surface area contributed by atoms with Gasteiger partial charge in [-0.05, 0) is 45.6 Å². The van der Waals surface area contributed by atoms with E-state index in [-0.39, 0.29) is 30.4 Å². The van der Waals surface area contributed by atoms with Crippen LogP contribution in [0.2, 0.25) is 0 Å². The van der Waals surface area contributed by atoms with Crippen LogP contribution < -0.4 is 10.6 Å². The molecule has 0 radical (unpaired) electrons. The summed E-state index contributed by atoms with van der Waals surface area (Å²) in [4.78, 5) is 35.6. The molecule has 176 valence electrons. The number of likely N-dealkylation sites (tertiary alicyclic amines) is 1. The van der Waals surface area contributed by atoms with Crippen molar-refractivity contribution >= 4 is 29.2 Å². The molecule has 0 unspecified atom stereocenters. The number of amides is 1. The Morgan fingerprint density at radius 1 is 1.25 bits per heavy atom. The molecule has 0 aromatic carbocycles. The number of hydrogen-bond donors (Lipinski definition) is 4. The van der Waals surface area contributed by atoms with Crippen LogP contribution >= 0.6 is 0 Å². The highest BCUT2D eigenvalue weighted by Gasteiger charge is 2.33. The van der Waals surface area contributed by atoms with E-state index < -0.39 is 0 Å². The zero-order chi connectivity index (χ0) is 22.9. The van der Waals surface area contributed by atoms with Crippen molar-refractivity contribution in [2.45, 2.75) is 57.7 Å². The number of aromatic nitrogens is 3. The molecule has 2 saturated heterocycles. The first-order valence-corrected chi connectivity index (χ1v) is 11.3. The van der Waals surface area contributed by atoms with Gasteiger partial charge in [-0.3, -0.25) is 14.5 Å². The number of anilines is 1. The minimum atomic E-state index is -0.250. The maximum atomic E-state index is 12.8. The minimum absolute atomic E-state index is 0.0183. The second kappa shape index (κ2) is 11.8. The summed E-state index contributed by atoms with van der Waals surface area (Å²) in [6, 6.07) is 2.88. The Morgan fingerprint density at radius 3 is 2.72 bits per heavy atom. The third kappa shape index (κ3) is 6.39. The minimum Gasteiger partial charge on any atom is -0.483 e. The molecule has 10 heteroatoms. The predicted octanol–water partition coefficient (Wildman–Crippen LogP) is 1.85. The van der Waals surface area contributed by atoms with E-state index in [1.54, 1.807) is 6.33 Å². The number of carbonyl (C=O) groups excluding carboxylic acids is 1. The highest BCUT2D eigenvalue weighted by Crippen LogP contribution is 2.26. The second-order valence-electron chi connectivity index (χ2n) is 8.64. The molecule has 0 aliphatic carbocycles. The molecule has 32 heavy (non-hydrogen) atoms. The Kier molecular flexibility index (Phi) is 8.81. The Hall–Kier alpha value is -2.72. The molecule has 1 amide bonds. The number of hydrogen-bond acceptors (Lipinski definition) is 7. The van der Waals surface area contributed by atoms with Crippen molar-refractivity contribution in [1.29, 1.82) is 0 Å². The Morgan fingerprint density at radius 2 is 2.00 bits per heavy atom. The van der Waals surface area contributed by atoms with Gasteiger partial charge in [0.15, 0.2) is 0 Å². The van der Waals surface area contributed by atoms with Crippen LogP contribution in [0.15, 0.2) is 18.6 Å². The van der Waals surface area contributed by atoms with Crippen LogP contribution in [0.1, 0.15) is 39.5 Å². The summed E-state index contributed by atoms with van der Waals surface area (Å²) in [5.74, 6) is 1.05. The molecule has 2 aliphatic heterocycles. The molecule has 2 fully saturated rings. The molecule has 4 heterocycles. The predicted molar refractivity (Wildman–Crippen MR) is 121 cm³/mol. The van der Waals surface area contributed by atoms with Crippen molar-refractivity contribution in [2.75, 3.05) is 31.6 Å². The number of carbonyl (C=O) groups is 2. The third-order valence-electron chi connectivity index (χ3n) is 5.98. The van der Waals surface area contributed by atoms with Gasteiger partial charge < -0.3 is 25.5 Å². The molecular weight excluding hydrogens is 412 g/mol. The molecule has 4 N–H and O–H groups in total. The van der Waals surface area contributed by atoms with Crippen LogP contribution in [0.4, 0.5) is 5.82 Å². The van der Waals surface area contributed by atoms with E-state index in [1.165, 1.54) is 0 Å². The van der Waals surface area contributed by atoms with Gasteiger partial charge in [-0.25, -0.2) is 9.97 Å². The number of rotatable bonds is 5. The van der Waals surface area contributed by atoms with E-state index in [9.17, 15) is 4.79 Å². The average molecular weight is 447 g/mol. The van der Waals surface area contributed by atoms with Crippen LogP contribution in [-0.2, 0) is 14.3 Å². The van der Waals surface area contributed by atoms with Crippen molar-refractivity contribution in [2.24, 2.45) is 5.92 Å². The largest absolute Gasteiger partial charge is 0.483 e. The van der Waals surface area contributed by atoms with Crippen molar-refractivity contribution < 1.29 is 19.4 Å². The van der Waals surface area contributed by atoms with Gasteiger partial charge in [0.25, 0.3) is 6.47 Å². The van der Waals surface area contributed by atoms with Crippen LogP contribution in [0.5, 0.6) is 0 Å². The first kappa shape index (κ1) is 23.9. The molecule has 0 spiro atoms. The molecule has 2 atom stereocenters. The summed E-state index contributed by atoms with van der Waals surface area (Å²) in [5.41, 5.74) is 0.839. The standard InChI is InChI=1S/C21H32N6O2.CH2O2/c1-14(2)25-21(28)15-3-4-16(12-27(11-15)17-6-9-29-10-7-17)26-20-18-5-8-22-19(18)23-13-24-20;2-1-3/h5,8,13-17H,3-4,6-7,9-12H2,1-2H3,(H,25,28)(H2,22,23,24,26);1H,(H,2,3)/t15-,16+;/m1./s1. The fourth-order valence-corrected chi connectivity index (χ4v) is 4.49. The zero-order valence-corrected chi connectivity index (χ0v) is 18.8. The van der Waals surface area contributed by atoms with E-state index in [1.807, 2.05) is 26.1 Å². The van der Waals surface area contributed by atoms with Crippen LogP contribution in [0, 0.1) is 5.92 Å². The van der Waals surface area contributed by atoms with Gasteiger partial charge >= 0.3 is 0 Å². The van der Waals surface area contributed by atoms with Crippen molar-refractivity contribution in [3.05, 3.63) is 18.6 Å². The maximum Gasteiger partial charge on any atom is 0.290 e.